The SMILES string of the molecule is [B]N1CCC[C@@H]1c1nc(-c2ccc(OC(/C=C\C#C)=C/C)cc2)c2cnccn12. The normalized spacial score (nSPS) is 17.8. The molecular formula is C23H21BN4O. The Morgan fingerprint density at radius 1 is 1.34 bits per heavy atom. The fourth-order valence-corrected chi connectivity index (χ4v) is 3.61. The van der Waals surface area contributed by atoms with Crippen molar-refractivity contribution in [2.75, 3.05) is 6.54 Å². The Bertz CT molecular complexity index is 1110. The standard InChI is InChI=1S/C23H21BN4O/c1-3-5-7-18(4-2)29-19-11-9-17(10-12-19)22-21-16-25-13-15-27(21)23(26-22)20-8-6-14-28(20)24/h1,4-5,7,9-13,15-16,20H,6,8,14H2,2H3/b7-5-,18-4+/t20-/m1/s1. The molecule has 1 atom stereocenters. The minimum Gasteiger partial charge on any atom is -0.458 e. The van der Waals surface area contributed by atoms with E-state index in [0.29, 0.717) is 5.76 Å². The van der Waals surface area contributed by atoms with E-state index >= 15 is 0 Å². The van der Waals surface area contributed by atoms with Crippen molar-refractivity contribution in [3.8, 4) is 29.4 Å². The van der Waals surface area contributed by atoms with Crippen LogP contribution in [0.1, 0.15) is 31.6 Å². The summed E-state index contributed by atoms with van der Waals surface area (Å²) in [4.78, 5) is 11.1. The number of benzene rings is 1. The molecule has 2 radical (unpaired) electrons. The van der Waals surface area contributed by atoms with Gasteiger partial charge in [0, 0.05) is 18.0 Å². The van der Waals surface area contributed by atoms with E-state index in [9.17, 15) is 0 Å². The van der Waals surface area contributed by atoms with Gasteiger partial charge < -0.3 is 9.55 Å². The summed E-state index contributed by atoms with van der Waals surface area (Å²) in [6.07, 6.45) is 18.1. The largest absolute Gasteiger partial charge is 0.458 e. The molecule has 0 spiro atoms. The summed E-state index contributed by atoms with van der Waals surface area (Å²) < 4.78 is 7.95. The lowest BCUT2D eigenvalue weighted by Gasteiger charge is -2.18. The number of aromatic nitrogens is 3. The quantitative estimate of drug-likeness (QED) is 0.289. The molecule has 1 aliphatic rings. The summed E-state index contributed by atoms with van der Waals surface area (Å²) in [5, 5.41) is 0. The number of rotatable bonds is 5. The van der Waals surface area contributed by atoms with Crippen molar-refractivity contribution in [2.24, 2.45) is 0 Å². The van der Waals surface area contributed by atoms with E-state index in [2.05, 4.69) is 15.3 Å². The topological polar surface area (TPSA) is 42.7 Å². The minimum atomic E-state index is 0.112. The number of fused-ring (bicyclic) bond motifs is 1. The van der Waals surface area contributed by atoms with Crippen molar-refractivity contribution in [1.82, 2.24) is 19.2 Å². The smallest absolute Gasteiger partial charge is 0.183 e. The van der Waals surface area contributed by atoms with Crippen LogP contribution in [0.3, 0.4) is 0 Å². The molecule has 3 aromatic rings. The van der Waals surface area contributed by atoms with Gasteiger partial charge in [0.25, 0.3) is 0 Å². The fraction of sp³-hybridized carbons (Fsp3) is 0.217. The molecule has 6 heteroatoms. The van der Waals surface area contributed by atoms with Crippen molar-refractivity contribution >= 4 is 13.5 Å². The van der Waals surface area contributed by atoms with Gasteiger partial charge in [-0.3, -0.25) is 9.38 Å². The van der Waals surface area contributed by atoms with Gasteiger partial charge in [-0.1, -0.05) is 5.92 Å². The van der Waals surface area contributed by atoms with Gasteiger partial charge in [-0.25, -0.2) is 4.98 Å². The number of allylic oxidation sites excluding steroid dienone is 3. The van der Waals surface area contributed by atoms with E-state index in [-0.39, 0.29) is 6.04 Å². The van der Waals surface area contributed by atoms with E-state index < -0.39 is 0 Å². The third-order valence-corrected chi connectivity index (χ3v) is 5.06. The molecule has 0 bridgehead atoms. The highest BCUT2D eigenvalue weighted by Gasteiger charge is 2.27. The molecule has 3 heterocycles. The Morgan fingerprint density at radius 2 is 2.17 bits per heavy atom. The second-order valence-corrected chi connectivity index (χ2v) is 6.86. The number of hydrogen-bond acceptors (Lipinski definition) is 4. The summed E-state index contributed by atoms with van der Waals surface area (Å²) in [5.41, 5.74) is 2.85. The van der Waals surface area contributed by atoms with Crippen molar-refractivity contribution in [2.45, 2.75) is 25.8 Å². The van der Waals surface area contributed by atoms with Gasteiger partial charge in [-0.2, -0.15) is 0 Å². The number of imidazole rings is 1. The lowest BCUT2D eigenvalue weighted by Crippen LogP contribution is -2.21. The van der Waals surface area contributed by atoms with Crippen molar-refractivity contribution < 1.29 is 4.74 Å². The van der Waals surface area contributed by atoms with Gasteiger partial charge in [0.05, 0.1) is 23.4 Å². The van der Waals surface area contributed by atoms with Crippen LogP contribution in [0.4, 0.5) is 0 Å². The maximum Gasteiger partial charge on any atom is 0.183 e. The molecule has 142 valence electrons. The zero-order chi connectivity index (χ0) is 20.2. The monoisotopic (exact) mass is 380 g/mol. The van der Waals surface area contributed by atoms with Gasteiger partial charge in [0.15, 0.2) is 7.98 Å². The van der Waals surface area contributed by atoms with Crippen molar-refractivity contribution in [3.63, 3.8) is 0 Å². The Morgan fingerprint density at radius 3 is 2.86 bits per heavy atom. The molecular weight excluding hydrogens is 359 g/mol. The lowest BCUT2D eigenvalue weighted by atomic mass is 10.1. The highest BCUT2D eigenvalue weighted by atomic mass is 16.5. The molecule has 0 amide bonds. The van der Waals surface area contributed by atoms with Crippen LogP contribution in [0, 0.1) is 12.3 Å². The molecule has 2 aromatic heterocycles. The average molecular weight is 380 g/mol. The van der Waals surface area contributed by atoms with E-state index in [0.717, 1.165) is 47.7 Å². The highest BCUT2D eigenvalue weighted by Crippen LogP contribution is 2.34. The van der Waals surface area contributed by atoms with Crippen LogP contribution in [-0.2, 0) is 0 Å². The summed E-state index contributed by atoms with van der Waals surface area (Å²) >= 11 is 0. The molecule has 1 fully saturated rings. The Balaban J connectivity index is 1.67. The molecule has 0 aliphatic carbocycles. The first kappa shape index (κ1) is 19.0. The van der Waals surface area contributed by atoms with Gasteiger partial charge in [-0.15, -0.1) is 6.42 Å². The lowest BCUT2D eigenvalue weighted by molar-refractivity contribution is 0.415. The van der Waals surface area contributed by atoms with E-state index in [1.54, 1.807) is 18.3 Å². The maximum atomic E-state index is 6.19. The van der Waals surface area contributed by atoms with Crippen LogP contribution >= 0.6 is 0 Å². The predicted octanol–water partition coefficient (Wildman–Crippen LogP) is 4.09. The molecule has 0 saturated carbocycles. The first-order chi connectivity index (χ1) is 14.2. The molecule has 1 saturated heterocycles. The molecule has 1 aromatic carbocycles. The molecule has 5 nitrogen and oxygen atoms in total. The van der Waals surface area contributed by atoms with Crippen LogP contribution in [0.25, 0.3) is 16.8 Å². The zero-order valence-corrected chi connectivity index (χ0v) is 16.3. The molecule has 1 aliphatic heterocycles. The molecule has 0 unspecified atom stereocenters. The van der Waals surface area contributed by atoms with E-state index in [1.807, 2.05) is 54.5 Å². The molecule has 0 N–H and O–H groups in total. The second kappa shape index (κ2) is 8.38. The zero-order valence-electron chi connectivity index (χ0n) is 16.3. The molecule has 4 rings (SSSR count). The number of terminal acetylenes is 1. The highest BCUT2D eigenvalue weighted by molar-refractivity contribution is 6.04. The first-order valence-corrected chi connectivity index (χ1v) is 9.62. The summed E-state index contributed by atoms with van der Waals surface area (Å²) in [6, 6.07) is 7.97. The van der Waals surface area contributed by atoms with Crippen LogP contribution in [0.15, 0.2) is 66.8 Å². The van der Waals surface area contributed by atoms with Gasteiger partial charge in [0.1, 0.15) is 17.3 Å². The third-order valence-electron chi connectivity index (χ3n) is 5.06. The third kappa shape index (κ3) is 3.82. The maximum absolute atomic E-state index is 6.19. The van der Waals surface area contributed by atoms with Crippen LogP contribution in [0.5, 0.6) is 5.75 Å². The van der Waals surface area contributed by atoms with Crippen LogP contribution < -0.4 is 4.74 Å². The Hall–Kier alpha value is -3.30. The van der Waals surface area contributed by atoms with E-state index in [4.69, 9.17) is 24.1 Å². The summed E-state index contributed by atoms with van der Waals surface area (Å²) in [7, 11) is 6.19. The number of hydrogen-bond donors (Lipinski definition) is 0. The predicted molar refractivity (Wildman–Crippen MR) is 115 cm³/mol. The number of ether oxygens (including phenoxy) is 1. The fourth-order valence-electron chi connectivity index (χ4n) is 3.61. The Labute approximate surface area is 172 Å². The van der Waals surface area contributed by atoms with Gasteiger partial charge in [-0.05, 0) is 68.8 Å². The average Bonchev–Trinajstić information content (AvgIpc) is 3.35. The second-order valence-electron chi connectivity index (χ2n) is 6.86. The summed E-state index contributed by atoms with van der Waals surface area (Å²) in [6.45, 7) is 2.79. The van der Waals surface area contributed by atoms with Gasteiger partial charge >= 0.3 is 0 Å². The minimum absolute atomic E-state index is 0.112. The van der Waals surface area contributed by atoms with Gasteiger partial charge in [0.2, 0.25) is 0 Å². The van der Waals surface area contributed by atoms with Crippen molar-refractivity contribution in [1.29, 1.82) is 0 Å². The first-order valence-electron chi connectivity index (χ1n) is 9.62. The van der Waals surface area contributed by atoms with E-state index in [1.165, 1.54) is 0 Å². The number of nitrogens with zero attached hydrogens (tertiary/aromatic N) is 4. The van der Waals surface area contributed by atoms with Crippen LogP contribution in [0.2, 0.25) is 0 Å². The Kier molecular flexibility index (Phi) is 5.50. The molecule has 29 heavy (non-hydrogen) atoms. The van der Waals surface area contributed by atoms with Crippen molar-refractivity contribution in [3.05, 3.63) is 72.7 Å². The van der Waals surface area contributed by atoms with Crippen LogP contribution in [-0.4, -0.2) is 33.7 Å². The summed E-state index contributed by atoms with van der Waals surface area (Å²) in [5.74, 6) is 4.84.